The van der Waals surface area contributed by atoms with E-state index in [4.69, 9.17) is 9.47 Å². The Labute approximate surface area is 282 Å². The highest BCUT2D eigenvalue weighted by Gasteiger charge is 2.31. The molecule has 3 aromatic heterocycles. The van der Waals surface area contributed by atoms with Gasteiger partial charge >= 0.3 is 12.2 Å². The third kappa shape index (κ3) is 8.65. The molecule has 0 atom stereocenters. The number of rotatable bonds is 8. The third-order valence-electron chi connectivity index (χ3n) is 6.34. The van der Waals surface area contributed by atoms with Gasteiger partial charge in [0.05, 0.1) is 18.9 Å². The number of nitrogens with zero attached hydrogens (tertiary/aromatic N) is 5. The average molecular weight is 736 g/mol. The second-order valence-electron chi connectivity index (χ2n) is 9.87. The fraction of sp³-hybridized carbons (Fsp3) is 0.0645. The summed E-state index contributed by atoms with van der Waals surface area (Å²) in [5.41, 5.74) is -1.88. The van der Waals surface area contributed by atoms with Crippen molar-refractivity contribution in [1.82, 2.24) is 24.6 Å². The lowest BCUT2D eigenvalue weighted by atomic mass is 10.2. The van der Waals surface area contributed by atoms with Gasteiger partial charge in [0.1, 0.15) is 34.6 Å². The number of hydrogen-bond acceptors (Lipinski definition) is 9. The molecule has 20 heteroatoms. The molecule has 0 bridgehead atoms. The third-order valence-corrected chi connectivity index (χ3v) is 7.46. The summed E-state index contributed by atoms with van der Waals surface area (Å²) in [5, 5.41) is 5.18. The van der Waals surface area contributed by atoms with Gasteiger partial charge in [-0.25, -0.2) is 27.5 Å². The minimum Gasteiger partial charge on any atom is -0.467 e. The summed E-state index contributed by atoms with van der Waals surface area (Å²) < 4.78 is 129. The van der Waals surface area contributed by atoms with E-state index >= 15 is 0 Å². The zero-order valence-corrected chi connectivity index (χ0v) is 26.3. The number of hydrogen-bond donors (Lipinski definition) is 2. The zero-order valence-electron chi connectivity index (χ0n) is 25.5. The molecule has 6 aromatic rings. The average Bonchev–Trinajstić information content (AvgIpc) is 3.56. The zero-order chi connectivity index (χ0) is 36.9. The Kier molecular flexibility index (Phi) is 10.3. The molecule has 0 radical (unpaired) electrons. The Morgan fingerprint density at radius 2 is 1.51 bits per heavy atom. The van der Waals surface area contributed by atoms with Gasteiger partial charge < -0.3 is 14.8 Å². The number of benzene rings is 3. The van der Waals surface area contributed by atoms with Gasteiger partial charge in [0.2, 0.25) is 5.88 Å². The Balaban J connectivity index is 0.000000199. The highest BCUT2D eigenvalue weighted by molar-refractivity contribution is 7.92. The van der Waals surface area contributed by atoms with E-state index < -0.39 is 67.4 Å². The SMILES string of the molecule is COc1ncc(F)c2nc(S(=O)(=O)Nc3c(F)cccc3F)nn12.O=C(Nc1ccc(F)cc1)c1cccc(Oc2cccc(C(F)(F)F)c2)n1. The van der Waals surface area contributed by atoms with Crippen LogP contribution in [0.1, 0.15) is 16.1 Å². The number of para-hydroxylation sites is 1. The van der Waals surface area contributed by atoms with Crippen molar-refractivity contribution in [2.24, 2.45) is 0 Å². The number of alkyl halides is 3. The molecular weight excluding hydrogens is 715 g/mol. The van der Waals surface area contributed by atoms with Crippen LogP contribution in [0.25, 0.3) is 5.65 Å². The van der Waals surface area contributed by atoms with Crippen molar-refractivity contribution in [3.05, 3.63) is 126 Å². The molecule has 0 unspecified atom stereocenters. The second-order valence-corrected chi connectivity index (χ2v) is 11.5. The van der Waals surface area contributed by atoms with Gasteiger partial charge in [0.25, 0.3) is 21.1 Å². The summed E-state index contributed by atoms with van der Waals surface area (Å²) in [5.74, 6) is -4.34. The largest absolute Gasteiger partial charge is 0.467 e. The number of methoxy groups -OCH3 is 1. The van der Waals surface area contributed by atoms with Gasteiger partial charge in [0.15, 0.2) is 11.5 Å². The number of fused-ring (bicyclic) bond motifs is 1. The van der Waals surface area contributed by atoms with E-state index in [0.717, 1.165) is 36.5 Å². The van der Waals surface area contributed by atoms with Gasteiger partial charge in [-0.1, -0.05) is 18.2 Å². The summed E-state index contributed by atoms with van der Waals surface area (Å²) in [6.07, 6.45) is -3.73. The molecule has 2 N–H and O–H groups in total. The quantitative estimate of drug-likeness (QED) is 0.164. The number of amides is 1. The number of anilines is 2. The first kappa shape index (κ1) is 36.0. The number of nitrogens with one attached hydrogen (secondary N) is 2. The van der Waals surface area contributed by atoms with Crippen molar-refractivity contribution >= 4 is 33.0 Å². The fourth-order valence-electron chi connectivity index (χ4n) is 4.02. The molecule has 0 aliphatic heterocycles. The number of carbonyl (C=O) groups excluding carboxylic acids is 1. The molecule has 0 fully saturated rings. The first-order valence-corrected chi connectivity index (χ1v) is 15.4. The van der Waals surface area contributed by atoms with Crippen LogP contribution in [0.4, 0.5) is 42.1 Å². The smallest absolute Gasteiger partial charge is 0.416 e. The number of aromatic nitrogens is 5. The maximum Gasteiger partial charge on any atom is 0.416 e. The van der Waals surface area contributed by atoms with Crippen molar-refractivity contribution < 1.29 is 53.4 Å². The number of halogens is 7. The lowest BCUT2D eigenvalue weighted by Crippen LogP contribution is -2.16. The molecule has 3 aromatic carbocycles. The van der Waals surface area contributed by atoms with E-state index in [-0.39, 0.29) is 23.3 Å². The lowest BCUT2D eigenvalue weighted by molar-refractivity contribution is -0.137. The topological polar surface area (TPSA) is 150 Å². The summed E-state index contributed by atoms with van der Waals surface area (Å²) in [7, 11) is -3.37. The predicted molar refractivity (Wildman–Crippen MR) is 165 cm³/mol. The molecule has 1 amide bonds. The Bertz CT molecular complexity index is 2300. The molecule has 0 spiro atoms. The number of sulfonamides is 1. The van der Waals surface area contributed by atoms with E-state index in [1.54, 1.807) is 4.72 Å². The van der Waals surface area contributed by atoms with E-state index in [0.29, 0.717) is 10.2 Å². The maximum atomic E-state index is 13.7. The van der Waals surface area contributed by atoms with Crippen LogP contribution in [-0.2, 0) is 16.2 Å². The first-order chi connectivity index (χ1) is 24.1. The maximum absolute atomic E-state index is 13.7. The lowest BCUT2D eigenvalue weighted by Gasteiger charge is -2.10. The van der Waals surface area contributed by atoms with Gasteiger partial charge in [-0.05, 0) is 60.7 Å². The van der Waals surface area contributed by atoms with Gasteiger partial charge in [-0.15, -0.1) is 5.10 Å². The highest BCUT2D eigenvalue weighted by Crippen LogP contribution is 2.32. The molecule has 0 saturated carbocycles. The first-order valence-electron chi connectivity index (χ1n) is 14.0. The normalized spacial score (nSPS) is 11.4. The van der Waals surface area contributed by atoms with E-state index in [2.05, 4.69) is 25.4 Å². The summed E-state index contributed by atoms with van der Waals surface area (Å²) >= 11 is 0. The van der Waals surface area contributed by atoms with Crippen LogP contribution in [-0.4, -0.2) is 46.0 Å². The standard InChI is InChI=1S/C19H12F4N2O2.C12H8F3N5O3S/c20-13-7-9-14(10-8-13)24-18(26)16-5-2-6-17(25-16)27-15-4-1-3-12(11-15)19(21,22)23;1-23-12-16-5-8(15)10-17-11(18-20(10)12)24(21,22)19-9-6(13)3-2-4-7(9)14/h1-11H,(H,24,26);2-5,19H,1H3. The number of carbonyl (C=O) groups is 1. The molecule has 0 aliphatic carbocycles. The van der Waals surface area contributed by atoms with Crippen molar-refractivity contribution in [3.8, 4) is 17.6 Å². The van der Waals surface area contributed by atoms with Crippen molar-refractivity contribution in [3.63, 3.8) is 0 Å². The number of ether oxygens (including phenoxy) is 2. The molecule has 6 rings (SSSR count). The summed E-state index contributed by atoms with van der Waals surface area (Å²) in [6, 6.07) is 16.4. The molecule has 51 heavy (non-hydrogen) atoms. The molecule has 12 nitrogen and oxygen atoms in total. The van der Waals surface area contributed by atoms with Gasteiger partial charge in [-0.2, -0.15) is 31.1 Å². The monoisotopic (exact) mass is 735 g/mol. The number of pyridine rings is 1. The minimum atomic E-state index is -4.58. The Morgan fingerprint density at radius 1 is 0.843 bits per heavy atom. The van der Waals surface area contributed by atoms with Crippen LogP contribution in [0, 0.1) is 23.3 Å². The van der Waals surface area contributed by atoms with E-state index in [1.807, 2.05) is 0 Å². The van der Waals surface area contributed by atoms with Crippen LogP contribution in [0.15, 0.2) is 96.3 Å². The van der Waals surface area contributed by atoms with Crippen LogP contribution in [0.2, 0.25) is 0 Å². The van der Waals surface area contributed by atoms with Crippen LogP contribution >= 0.6 is 0 Å². The summed E-state index contributed by atoms with van der Waals surface area (Å²) in [6.45, 7) is 0. The molecule has 3 heterocycles. The van der Waals surface area contributed by atoms with Crippen LogP contribution in [0.3, 0.4) is 0 Å². The minimum absolute atomic E-state index is 0.0104. The van der Waals surface area contributed by atoms with E-state index in [1.165, 1.54) is 61.7 Å². The fourth-order valence-corrected chi connectivity index (χ4v) is 4.97. The van der Waals surface area contributed by atoms with E-state index in [9.17, 15) is 43.9 Å². The van der Waals surface area contributed by atoms with Crippen molar-refractivity contribution in [2.45, 2.75) is 11.3 Å². The summed E-state index contributed by atoms with van der Waals surface area (Å²) in [4.78, 5) is 23.3. The van der Waals surface area contributed by atoms with Crippen molar-refractivity contribution in [1.29, 1.82) is 0 Å². The Hall–Kier alpha value is -6.31. The van der Waals surface area contributed by atoms with Gasteiger partial charge in [0, 0.05) is 11.8 Å². The molecule has 0 aliphatic rings. The van der Waals surface area contributed by atoms with Crippen LogP contribution in [0.5, 0.6) is 17.6 Å². The molecule has 264 valence electrons. The Morgan fingerprint density at radius 3 is 2.18 bits per heavy atom. The second kappa shape index (κ2) is 14.7. The highest BCUT2D eigenvalue weighted by atomic mass is 32.2. The van der Waals surface area contributed by atoms with Crippen molar-refractivity contribution in [2.75, 3.05) is 17.1 Å². The molecular formula is C31H20F7N7O5S. The van der Waals surface area contributed by atoms with Gasteiger partial charge in [-0.3, -0.25) is 9.52 Å². The molecule has 0 saturated heterocycles. The predicted octanol–water partition coefficient (Wildman–Crippen LogP) is 6.64. The van der Waals surface area contributed by atoms with Crippen LogP contribution < -0.4 is 19.5 Å².